The van der Waals surface area contributed by atoms with Gasteiger partial charge in [-0.1, -0.05) is 6.07 Å². The second-order valence-electron chi connectivity index (χ2n) is 6.46. The highest BCUT2D eigenvalue weighted by Crippen LogP contribution is 2.28. The standard InChI is InChI=1S/C21H24N2O6/c1-26-16-7-5-15(6-8-16)22-21(25)17-12-29-13-20(24)23(17)11-14-4-9-18(27-2)19(10-14)28-3/h4-10,17H,11-13H2,1-3H3,(H,22,25)/t17-/m0/s1. The summed E-state index contributed by atoms with van der Waals surface area (Å²) in [6, 6.07) is 11.6. The van der Waals surface area contributed by atoms with Crippen molar-refractivity contribution in [2.45, 2.75) is 12.6 Å². The average molecular weight is 400 g/mol. The van der Waals surface area contributed by atoms with Crippen LogP contribution >= 0.6 is 0 Å². The van der Waals surface area contributed by atoms with Crippen LogP contribution < -0.4 is 19.5 Å². The molecule has 0 unspecified atom stereocenters. The van der Waals surface area contributed by atoms with Crippen LogP contribution in [0, 0.1) is 0 Å². The van der Waals surface area contributed by atoms with Crippen molar-refractivity contribution in [2.24, 2.45) is 0 Å². The molecular weight excluding hydrogens is 376 g/mol. The zero-order valence-corrected chi connectivity index (χ0v) is 16.6. The maximum Gasteiger partial charge on any atom is 0.249 e. The van der Waals surface area contributed by atoms with Gasteiger partial charge in [-0.15, -0.1) is 0 Å². The number of carbonyl (C=O) groups is 2. The molecule has 1 saturated heterocycles. The smallest absolute Gasteiger partial charge is 0.249 e. The predicted octanol–water partition coefficient (Wildman–Crippen LogP) is 2.08. The number of morpholine rings is 1. The molecule has 0 radical (unpaired) electrons. The highest BCUT2D eigenvalue weighted by atomic mass is 16.5. The maximum absolute atomic E-state index is 12.8. The Morgan fingerprint density at radius 2 is 1.79 bits per heavy atom. The third kappa shape index (κ3) is 4.78. The van der Waals surface area contributed by atoms with Gasteiger partial charge < -0.3 is 29.2 Å². The van der Waals surface area contributed by atoms with Gasteiger partial charge in [-0.25, -0.2) is 0 Å². The molecule has 3 rings (SSSR count). The van der Waals surface area contributed by atoms with E-state index in [1.165, 1.54) is 4.90 Å². The Labute approximate surface area is 169 Å². The number of rotatable bonds is 7. The molecule has 0 spiro atoms. The molecule has 1 atom stereocenters. The van der Waals surface area contributed by atoms with Crippen LogP contribution in [-0.2, 0) is 20.9 Å². The van der Waals surface area contributed by atoms with E-state index >= 15 is 0 Å². The highest BCUT2D eigenvalue weighted by Gasteiger charge is 2.34. The Bertz CT molecular complexity index is 868. The minimum absolute atomic E-state index is 0.0559. The number of ether oxygens (including phenoxy) is 4. The van der Waals surface area contributed by atoms with Crippen molar-refractivity contribution < 1.29 is 28.5 Å². The second-order valence-corrected chi connectivity index (χ2v) is 6.46. The lowest BCUT2D eigenvalue weighted by Crippen LogP contribution is -2.54. The van der Waals surface area contributed by atoms with E-state index in [2.05, 4.69) is 5.32 Å². The average Bonchev–Trinajstić information content (AvgIpc) is 2.75. The minimum Gasteiger partial charge on any atom is -0.497 e. The molecule has 0 bridgehead atoms. The summed E-state index contributed by atoms with van der Waals surface area (Å²) in [5, 5.41) is 2.83. The molecule has 0 saturated carbocycles. The van der Waals surface area contributed by atoms with Crippen LogP contribution in [0.5, 0.6) is 17.2 Å². The quantitative estimate of drug-likeness (QED) is 0.766. The van der Waals surface area contributed by atoms with Gasteiger partial charge in [0, 0.05) is 12.2 Å². The van der Waals surface area contributed by atoms with Crippen molar-refractivity contribution in [2.75, 3.05) is 39.9 Å². The number of carbonyl (C=O) groups excluding carboxylic acids is 2. The molecule has 0 aromatic heterocycles. The van der Waals surface area contributed by atoms with Gasteiger partial charge in [0.2, 0.25) is 11.8 Å². The van der Waals surface area contributed by atoms with Gasteiger partial charge in [0.05, 0.1) is 27.9 Å². The number of amides is 2. The highest BCUT2D eigenvalue weighted by molar-refractivity contribution is 5.98. The molecular formula is C21H24N2O6. The number of nitrogens with one attached hydrogen (secondary N) is 1. The first-order chi connectivity index (χ1) is 14.0. The summed E-state index contributed by atoms with van der Waals surface area (Å²) in [5.41, 5.74) is 1.43. The molecule has 8 heteroatoms. The largest absolute Gasteiger partial charge is 0.497 e. The lowest BCUT2D eigenvalue weighted by Gasteiger charge is -2.34. The van der Waals surface area contributed by atoms with E-state index in [1.807, 2.05) is 6.07 Å². The Morgan fingerprint density at radius 1 is 1.07 bits per heavy atom. The fourth-order valence-electron chi connectivity index (χ4n) is 3.10. The van der Waals surface area contributed by atoms with E-state index in [1.54, 1.807) is 57.7 Å². The molecule has 29 heavy (non-hydrogen) atoms. The molecule has 0 aliphatic carbocycles. The van der Waals surface area contributed by atoms with Crippen LogP contribution in [0.3, 0.4) is 0 Å². The Kier molecular flexibility index (Phi) is 6.56. The summed E-state index contributed by atoms with van der Waals surface area (Å²) in [7, 11) is 4.68. The molecule has 1 heterocycles. The topological polar surface area (TPSA) is 86.3 Å². The summed E-state index contributed by atoms with van der Waals surface area (Å²) in [4.78, 5) is 26.8. The molecule has 1 aliphatic heterocycles. The Balaban J connectivity index is 1.76. The van der Waals surface area contributed by atoms with E-state index in [9.17, 15) is 9.59 Å². The van der Waals surface area contributed by atoms with Gasteiger partial charge in [0.25, 0.3) is 0 Å². The minimum atomic E-state index is -0.744. The maximum atomic E-state index is 12.8. The molecule has 1 N–H and O–H groups in total. The van der Waals surface area contributed by atoms with Crippen LogP contribution in [0.2, 0.25) is 0 Å². The molecule has 2 amide bonds. The number of hydrogen-bond donors (Lipinski definition) is 1. The van der Waals surface area contributed by atoms with Crippen LogP contribution in [0.1, 0.15) is 5.56 Å². The molecule has 8 nitrogen and oxygen atoms in total. The van der Waals surface area contributed by atoms with E-state index in [0.29, 0.717) is 22.9 Å². The second kappa shape index (κ2) is 9.29. The summed E-state index contributed by atoms with van der Waals surface area (Å²) in [6.07, 6.45) is 0. The first-order valence-electron chi connectivity index (χ1n) is 9.08. The molecule has 1 aliphatic rings. The first-order valence-corrected chi connectivity index (χ1v) is 9.08. The number of nitrogens with zero attached hydrogens (tertiary/aromatic N) is 1. The third-order valence-corrected chi connectivity index (χ3v) is 4.66. The number of benzene rings is 2. The van der Waals surface area contributed by atoms with Crippen molar-refractivity contribution in [3.05, 3.63) is 48.0 Å². The number of hydrogen-bond acceptors (Lipinski definition) is 6. The van der Waals surface area contributed by atoms with Crippen LogP contribution in [0.4, 0.5) is 5.69 Å². The summed E-state index contributed by atoms with van der Waals surface area (Å²) >= 11 is 0. The van der Waals surface area contributed by atoms with Crippen molar-refractivity contribution in [3.63, 3.8) is 0 Å². The lowest BCUT2D eigenvalue weighted by molar-refractivity contribution is -0.154. The Morgan fingerprint density at radius 3 is 2.45 bits per heavy atom. The van der Waals surface area contributed by atoms with Gasteiger partial charge >= 0.3 is 0 Å². The van der Waals surface area contributed by atoms with E-state index in [4.69, 9.17) is 18.9 Å². The van der Waals surface area contributed by atoms with Gasteiger partial charge in [-0.3, -0.25) is 9.59 Å². The fourth-order valence-corrected chi connectivity index (χ4v) is 3.10. The zero-order valence-electron chi connectivity index (χ0n) is 16.6. The lowest BCUT2D eigenvalue weighted by atomic mass is 10.1. The number of anilines is 1. The van der Waals surface area contributed by atoms with E-state index in [0.717, 1.165) is 5.56 Å². The Hall–Kier alpha value is -3.26. The van der Waals surface area contributed by atoms with Crippen molar-refractivity contribution >= 4 is 17.5 Å². The predicted molar refractivity (Wildman–Crippen MR) is 106 cm³/mol. The van der Waals surface area contributed by atoms with Crippen LogP contribution in [-0.4, -0.2) is 57.3 Å². The van der Waals surface area contributed by atoms with E-state index < -0.39 is 6.04 Å². The summed E-state index contributed by atoms with van der Waals surface area (Å²) < 4.78 is 21.0. The summed E-state index contributed by atoms with van der Waals surface area (Å²) in [6.45, 7) is 0.323. The van der Waals surface area contributed by atoms with Gasteiger partial charge in [-0.2, -0.15) is 0 Å². The summed E-state index contributed by atoms with van der Waals surface area (Å²) in [5.74, 6) is 1.28. The molecule has 154 valence electrons. The monoisotopic (exact) mass is 400 g/mol. The van der Waals surface area contributed by atoms with Gasteiger partial charge in [0.1, 0.15) is 18.4 Å². The SMILES string of the molecule is COc1ccc(NC(=O)[C@@H]2COCC(=O)N2Cc2ccc(OC)c(OC)c2)cc1. The van der Waals surface area contributed by atoms with E-state index in [-0.39, 0.29) is 31.6 Å². The number of methoxy groups -OCH3 is 3. The molecule has 2 aromatic carbocycles. The van der Waals surface area contributed by atoms with Crippen molar-refractivity contribution in [1.29, 1.82) is 0 Å². The van der Waals surface area contributed by atoms with Gasteiger partial charge in [0.15, 0.2) is 11.5 Å². The first kappa shape index (κ1) is 20.5. The zero-order chi connectivity index (χ0) is 20.8. The molecule has 2 aromatic rings. The van der Waals surface area contributed by atoms with Crippen molar-refractivity contribution in [3.8, 4) is 17.2 Å². The van der Waals surface area contributed by atoms with Crippen LogP contribution in [0.25, 0.3) is 0 Å². The van der Waals surface area contributed by atoms with Crippen molar-refractivity contribution in [1.82, 2.24) is 4.90 Å². The fraction of sp³-hybridized carbons (Fsp3) is 0.333. The normalized spacial score (nSPS) is 16.3. The molecule has 1 fully saturated rings. The van der Waals surface area contributed by atoms with Gasteiger partial charge in [-0.05, 0) is 42.0 Å². The van der Waals surface area contributed by atoms with Crippen LogP contribution in [0.15, 0.2) is 42.5 Å². The third-order valence-electron chi connectivity index (χ3n) is 4.66.